The van der Waals surface area contributed by atoms with Crippen LogP contribution in [0.1, 0.15) is 39.5 Å². The first-order valence-corrected chi connectivity index (χ1v) is 9.81. The summed E-state index contributed by atoms with van der Waals surface area (Å²) in [7, 11) is 0. The Bertz CT molecular complexity index is 1000. The third-order valence-electron chi connectivity index (χ3n) is 4.23. The SMILES string of the molecule is O=C(CCCNC(=O)c1ccccc1)NNC(=O)c1ccc(COc2ccccc2)o1. The molecule has 3 rings (SSSR count). The minimum absolute atomic E-state index is 0.0575. The van der Waals surface area contributed by atoms with E-state index in [0.29, 0.717) is 30.0 Å². The Hall–Kier alpha value is -4.07. The van der Waals surface area contributed by atoms with E-state index < -0.39 is 5.91 Å². The number of amides is 3. The van der Waals surface area contributed by atoms with Crippen LogP contribution in [0.4, 0.5) is 0 Å². The van der Waals surface area contributed by atoms with Gasteiger partial charge in [0.15, 0.2) is 5.76 Å². The number of furan rings is 1. The van der Waals surface area contributed by atoms with E-state index in [1.807, 2.05) is 36.4 Å². The van der Waals surface area contributed by atoms with Crippen LogP contribution in [0.5, 0.6) is 5.75 Å². The highest BCUT2D eigenvalue weighted by atomic mass is 16.5. The zero-order chi connectivity index (χ0) is 21.9. The van der Waals surface area contributed by atoms with E-state index in [2.05, 4.69) is 16.2 Å². The van der Waals surface area contributed by atoms with Crippen LogP contribution in [0.25, 0.3) is 0 Å². The van der Waals surface area contributed by atoms with E-state index in [9.17, 15) is 14.4 Å². The van der Waals surface area contributed by atoms with E-state index in [1.54, 1.807) is 30.3 Å². The van der Waals surface area contributed by atoms with Crippen LogP contribution in [0.15, 0.2) is 77.2 Å². The third-order valence-corrected chi connectivity index (χ3v) is 4.23. The Morgan fingerprint density at radius 2 is 1.52 bits per heavy atom. The number of hydrogen-bond acceptors (Lipinski definition) is 5. The Kier molecular flexibility index (Phi) is 7.82. The van der Waals surface area contributed by atoms with Crippen LogP contribution in [-0.4, -0.2) is 24.3 Å². The highest BCUT2D eigenvalue weighted by molar-refractivity contribution is 5.94. The summed E-state index contributed by atoms with van der Waals surface area (Å²) in [6.45, 7) is 0.524. The maximum Gasteiger partial charge on any atom is 0.305 e. The van der Waals surface area contributed by atoms with E-state index >= 15 is 0 Å². The summed E-state index contributed by atoms with van der Waals surface area (Å²) in [5.74, 6) is 0.0890. The van der Waals surface area contributed by atoms with Crippen molar-refractivity contribution in [1.29, 1.82) is 0 Å². The normalized spacial score (nSPS) is 10.2. The lowest BCUT2D eigenvalue weighted by Gasteiger charge is -2.07. The highest BCUT2D eigenvalue weighted by Gasteiger charge is 2.13. The van der Waals surface area contributed by atoms with Crippen molar-refractivity contribution in [3.05, 3.63) is 89.9 Å². The first kappa shape index (κ1) is 21.6. The van der Waals surface area contributed by atoms with Crippen LogP contribution < -0.4 is 20.9 Å². The first-order chi connectivity index (χ1) is 15.1. The van der Waals surface area contributed by atoms with Crippen molar-refractivity contribution in [2.24, 2.45) is 0 Å². The van der Waals surface area contributed by atoms with Gasteiger partial charge in [0.2, 0.25) is 5.91 Å². The van der Waals surface area contributed by atoms with Gasteiger partial charge in [-0.2, -0.15) is 0 Å². The average Bonchev–Trinajstić information content (AvgIpc) is 3.29. The molecule has 0 atom stereocenters. The van der Waals surface area contributed by atoms with E-state index in [-0.39, 0.29) is 30.6 Å². The Morgan fingerprint density at radius 1 is 0.806 bits per heavy atom. The number of nitrogens with one attached hydrogen (secondary N) is 3. The number of ether oxygens (including phenoxy) is 1. The molecular formula is C23H23N3O5. The monoisotopic (exact) mass is 421 g/mol. The second-order valence-corrected chi connectivity index (χ2v) is 6.60. The van der Waals surface area contributed by atoms with Gasteiger partial charge in [0, 0.05) is 18.5 Å². The topological polar surface area (TPSA) is 110 Å². The van der Waals surface area contributed by atoms with Crippen molar-refractivity contribution in [2.75, 3.05) is 6.54 Å². The number of hydrogen-bond donors (Lipinski definition) is 3. The third kappa shape index (κ3) is 7.04. The molecule has 0 aliphatic heterocycles. The Balaban J connectivity index is 1.32. The van der Waals surface area contributed by atoms with Crippen molar-refractivity contribution in [3.8, 4) is 5.75 Å². The molecule has 8 nitrogen and oxygen atoms in total. The molecule has 160 valence electrons. The molecule has 0 unspecified atom stereocenters. The fraction of sp³-hybridized carbons (Fsp3) is 0.174. The van der Waals surface area contributed by atoms with Crippen LogP contribution in [0.2, 0.25) is 0 Å². The molecule has 3 amide bonds. The summed E-state index contributed by atoms with van der Waals surface area (Å²) in [5, 5.41) is 2.74. The van der Waals surface area contributed by atoms with Crippen LogP contribution in [0.3, 0.4) is 0 Å². The molecule has 0 fully saturated rings. The molecule has 0 bridgehead atoms. The fourth-order valence-electron chi connectivity index (χ4n) is 2.64. The number of para-hydroxylation sites is 1. The largest absolute Gasteiger partial charge is 0.486 e. The van der Waals surface area contributed by atoms with Gasteiger partial charge in [-0.1, -0.05) is 36.4 Å². The Morgan fingerprint density at radius 3 is 2.26 bits per heavy atom. The smallest absolute Gasteiger partial charge is 0.305 e. The van der Waals surface area contributed by atoms with Gasteiger partial charge in [0.1, 0.15) is 18.1 Å². The van der Waals surface area contributed by atoms with Crippen LogP contribution in [0, 0.1) is 0 Å². The molecule has 0 aliphatic carbocycles. The maximum atomic E-state index is 12.1. The van der Waals surface area contributed by atoms with Gasteiger partial charge in [-0.05, 0) is 42.8 Å². The van der Waals surface area contributed by atoms with Crippen molar-refractivity contribution in [1.82, 2.24) is 16.2 Å². The van der Waals surface area contributed by atoms with Crippen LogP contribution in [-0.2, 0) is 11.4 Å². The summed E-state index contributed by atoms with van der Waals surface area (Å²) < 4.78 is 11.0. The zero-order valence-corrected chi connectivity index (χ0v) is 16.8. The molecule has 31 heavy (non-hydrogen) atoms. The number of benzene rings is 2. The molecule has 0 aliphatic rings. The molecular weight excluding hydrogens is 398 g/mol. The summed E-state index contributed by atoms with van der Waals surface area (Å²) in [6.07, 6.45) is 0.575. The number of hydrazine groups is 1. The predicted molar refractivity (Wildman–Crippen MR) is 113 cm³/mol. The quantitative estimate of drug-likeness (QED) is 0.364. The van der Waals surface area contributed by atoms with E-state index in [1.165, 1.54) is 6.07 Å². The van der Waals surface area contributed by atoms with Gasteiger partial charge in [-0.3, -0.25) is 25.2 Å². The lowest BCUT2D eigenvalue weighted by Crippen LogP contribution is -2.41. The second kappa shape index (κ2) is 11.2. The average molecular weight is 421 g/mol. The lowest BCUT2D eigenvalue weighted by atomic mass is 10.2. The van der Waals surface area contributed by atoms with Crippen molar-refractivity contribution in [2.45, 2.75) is 19.4 Å². The molecule has 8 heteroatoms. The minimum Gasteiger partial charge on any atom is -0.486 e. The van der Waals surface area contributed by atoms with Crippen molar-refractivity contribution in [3.63, 3.8) is 0 Å². The Labute approximate surface area is 179 Å². The number of carbonyl (C=O) groups excluding carboxylic acids is 3. The number of rotatable bonds is 9. The van der Waals surface area contributed by atoms with Gasteiger partial charge >= 0.3 is 5.91 Å². The van der Waals surface area contributed by atoms with Gasteiger partial charge in [-0.15, -0.1) is 0 Å². The molecule has 0 spiro atoms. The van der Waals surface area contributed by atoms with Gasteiger partial charge in [0.05, 0.1) is 0 Å². The van der Waals surface area contributed by atoms with Crippen molar-refractivity contribution < 1.29 is 23.5 Å². The maximum absolute atomic E-state index is 12.1. The van der Waals surface area contributed by atoms with Crippen LogP contribution >= 0.6 is 0 Å². The fourth-order valence-corrected chi connectivity index (χ4v) is 2.64. The molecule has 2 aromatic carbocycles. The molecule has 0 saturated carbocycles. The summed E-state index contributed by atoms with van der Waals surface area (Å²) >= 11 is 0. The lowest BCUT2D eigenvalue weighted by molar-refractivity contribution is -0.121. The summed E-state index contributed by atoms with van der Waals surface area (Å²) in [4.78, 5) is 35.9. The first-order valence-electron chi connectivity index (χ1n) is 9.81. The summed E-state index contributed by atoms with van der Waals surface area (Å²) in [6, 6.07) is 21.2. The van der Waals surface area contributed by atoms with Gasteiger partial charge < -0.3 is 14.5 Å². The molecule has 1 aromatic heterocycles. The standard InChI is InChI=1S/C23H23N3O5/c27-21(12-7-15-24-22(28)17-8-3-1-4-9-17)25-26-23(29)20-14-13-19(31-20)16-30-18-10-5-2-6-11-18/h1-6,8-11,13-14H,7,12,15-16H2,(H,24,28)(H,25,27)(H,26,29). The number of carbonyl (C=O) groups is 3. The second-order valence-electron chi connectivity index (χ2n) is 6.60. The van der Waals surface area contributed by atoms with Gasteiger partial charge in [-0.25, -0.2) is 0 Å². The molecule has 0 radical (unpaired) electrons. The molecule has 1 heterocycles. The highest BCUT2D eigenvalue weighted by Crippen LogP contribution is 2.13. The summed E-state index contributed by atoms with van der Waals surface area (Å²) in [5.41, 5.74) is 5.19. The predicted octanol–water partition coefficient (Wildman–Crippen LogP) is 2.83. The van der Waals surface area contributed by atoms with E-state index in [4.69, 9.17) is 9.15 Å². The zero-order valence-electron chi connectivity index (χ0n) is 16.8. The van der Waals surface area contributed by atoms with E-state index in [0.717, 1.165) is 0 Å². The minimum atomic E-state index is -0.573. The molecule has 3 aromatic rings. The molecule has 0 saturated heterocycles. The van der Waals surface area contributed by atoms with Gasteiger partial charge in [0.25, 0.3) is 5.91 Å². The van der Waals surface area contributed by atoms with Crippen molar-refractivity contribution >= 4 is 17.7 Å². The molecule has 3 N–H and O–H groups in total.